The number of halogens is 2. The highest BCUT2D eigenvalue weighted by molar-refractivity contribution is 6.42. The van der Waals surface area contributed by atoms with Crippen LogP contribution in [-0.2, 0) is 11.4 Å². The lowest BCUT2D eigenvalue weighted by Gasteiger charge is -2.28. The molecule has 2 fully saturated rings. The van der Waals surface area contributed by atoms with E-state index in [9.17, 15) is 9.59 Å². The monoisotopic (exact) mass is 488 g/mol. The molecule has 1 heterocycles. The number of hydrogen-bond acceptors (Lipinski definition) is 4. The van der Waals surface area contributed by atoms with Crippen LogP contribution in [0.2, 0.25) is 10.0 Å². The van der Waals surface area contributed by atoms with Crippen LogP contribution in [0.4, 0.5) is 4.79 Å². The van der Waals surface area contributed by atoms with Crippen LogP contribution >= 0.6 is 23.2 Å². The van der Waals surface area contributed by atoms with Crippen LogP contribution in [0.15, 0.2) is 42.1 Å². The second-order valence-corrected chi connectivity index (χ2v) is 8.95. The zero-order chi connectivity index (χ0) is 23.4. The molecule has 0 spiro atoms. The minimum absolute atomic E-state index is 0.0201. The highest BCUT2D eigenvalue weighted by Crippen LogP contribution is 2.32. The molecule has 33 heavy (non-hydrogen) atoms. The van der Waals surface area contributed by atoms with Crippen molar-refractivity contribution in [2.24, 2.45) is 0 Å². The molecule has 0 atom stereocenters. The maximum Gasteiger partial charge on any atom is 0.329 e. The van der Waals surface area contributed by atoms with E-state index < -0.39 is 0 Å². The van der Waals surface area contributed by atoms with Crippen LogP contribution < -0.4 is 14.8 Å². The number of hydrogen-bond donors (Lipinski definition) is 1. The molecular weight excluding hydrogens is 463 g/mol. The van der Waals surface area contributed by atoms with E-state index in [2.05, 4.69) is 5.32 Å². The van der Waals surface area contributed by atoms with Gasteiger partial charge in [0.1, 0.15) is 12.3 Å². The summed E-state index contributed by atoms with van der Waals surface area (Å²) >= 11 is 12.1. The maximum atomic E-state index is 12.9. The van der Waals surface area contributed by atoms with E-state index in [0.29, 0.717) is 34.8 Å². The first-order valence-corrected chi connectivity index (χ1v) is 11.9. The van der Waals surface area contributed by atoms with E-state index in [1.165, 1.54) is 4.90 Å². The van der Waals surface area contributed by atoms with Crippen molar-refractivity contribution >= 4 is 41.2 Å². The van der Waals surface area contributed by atoms with E-state index in [1.807, 2.05) is 19.1 Å². The first kappa shape index (κ1) is 23.5. The van der Waals surface area contributed by atoms with Crippen LogP contribution in [0.5, 0.6) is 11.5 Å². The SMILES string of the molecule is CCOc1cc(/C=C2\NC(=O)N(C3CCCCC3)C2=O)ccc1OCc1ccc(Cl)c(Cl)c1. The summed E-state index contributed by atoms with van der Waals surface area (Å²) in [6.07, 6.45) is 6.65. The van der Waals surface area contributed by atoms with Crippen LogP contribution in [0, 0.1) is 0 Å². The number of benzene rings is 2. The summed E-state index contributed by atoms with van der Waals surface area (Å²) in [5, 5.41) is 3.68. The number of amides is 3. The van der Waals surface area contributed by atoms with Crippen LogP contribution in [0.3, 0.4) is 0 Å². The van der Waals surface area contributed by atoms with Crippen molar-refractivity contribution in [3.63, 3.8) is 0 Å². The molecule has 1 saturated heterocycles. The average molecular weight is 489 g/mol. The lowest BCUT2D eigenvalue weighted by atomic mass is 9.94. The Morgan fingerprint density at radius 2 is 1.79 bits per heavy atom. The van der Waals surface area contributed by atoms with Crippen molar-refractivity contribution < 1.29 is 19.1 Å². The second-order valence-electron chi connectivity index (χ2n) is 8.13. The second kappa shape index (κ2) is 10.5. The van der Waals surface area contributed by atoms with Gasteiger partial charge in [0, 0.05) is 6.04 Å². The Bertz CT molecular complexity index is 1080. The highest BCUT2D eigenvalue weighted by Gasteiger charge is 2.38. The Labute approximate surface area is 203 Å². The lowest BCUT2D eigenvalue weighted by molar-refractivity contribution is -0.124. The molecule has 1 N–H and O–H groups in total. The van der Waals surface area contributed by atoms with E-state index in [1.54, 1.807) is 30.3 Å². The first-order valence-electron chi connectivity index (χ1n) is 11.2. The van der Waals surface area contributed by atoms with Crippen LogP contribution in [0.1, 0.15) is 50.2 Å². The van der Waals surface area contributed by atoms with Gasteiger partial charge in [0.25, 0.3) is 5.91 Å². The van der Waals surface area contributed by atoms with Crippen LogP contribution in [0.25, 0.3) is 6.08 Å². The number of imide groups is 1. The van der Waals surface area contributed by atoms with Gasteiger partial charge in [-0.25, -0.2) is 4.79 Å². The molecule has 1 saturated carbocycles. The molecule has 0 bridgehead atoms. The van der Waals surface area contributed by atoms with E-state index in [4.69, 9.17) is 32.7 Å². The zero-order valence-corrected chi connectivity index (χ0v) is 19.9. The van der Waals surface area contributed by atoms with Gasteiger partial charge in [0.05, 0.1) is 16.7 Å². The lowest BCUT2D eigenvalue weighted by Crippen LogP contribution is -2.41. The number of ether oxygens (including phenoxy) is 2. The number of nitrogens with one attached hydrogen (secondary N) is 1. The summed E-state index contributed by atoms with van der Waals surface area (Å²) in [4.78, 5) is 26.7. The number of urea groups is 1. The van der Waals surface area contributed by atoms with Gasteiger partial charge in [-0.15, -0.1) is 0 Å². The number of nitrogens with zero attached hydrogens (tertiary/aromatic N) is 1. The molecule has 2 aromatic carbocycles. The molecule has 1 aliphatic heterocycles. The fraction of sp³-hybridized carbons (Fsp3) is 0.360. The number of carbonyl (C=O) groups excluding carboxylic acids is 2. The van der Waals surface area contributed by atoms with Gasteiger partial charge >= 0.3 is 6.03 Å². The maximum absolute atomic E-state index is 12.9. The summed E-state index contributed by atoms with van der Waals surface area (Å²) < 4.78 is 11.7. The molecule has 0 unspecified atom stereocenters. The summed E-state index contributed by atoms with van der Waals surface area (Å²) in [7, 11) is 0. The highest BCUT2D eigenvalue weighted by atomic mass is 35.5. The third-order valence-electron chi connectivity index (χ3n) is 5.81. The number of rotatable bonds is 7. The standard InChI is InChI=1S/C25H26Cl2N2O4/c1-2-32-23-14-16(9-11-22(23)33-15-17-8-10-19(26)20(27)12-17)13-21-24(30)29(25(31)28-21)18-6-4-3-5-7-18/h8-14,18H,2-7,15H2,1H3,(H,28,31)/b21-13-. The molecule has 2 aliphatic rings. The van der Waals surface area contributed by atoms with Crippen molar-refractivity contribution in [2.45, 2.75) is 51.7 Å². The van der Waals surface area contributed by atoms with Crippen molar-refractivity contribution in [1.29, 1.82) is 0 Å². The Morgan fingerprint density at radius 1 is 1.00 bits per heavy atom. The van der Waals surface area contributed by atoms with Gasteiger partial charge in [0.15, 0.2) is 11.5 Å². The molecular formula is C25H26Cl2N2O4. The Morgan fingerprint density at radius 3 is 2.52 bits per heavy atom. The third kappa shape index (κ3) is 5.45. The summed E-state index contributed by atoms with van der Waals surface area (Å²) in [5.41, 5.74) is 1.88. The Balaban J connectivity index is 1.50. The molecule has 6 nitrogen and oxygen atoms in total. The average Bonchev–Trinajstić information content (AvgIpc) is 3.09. The Hall–Kier alpha value is -2.70. The number of carbonyl (C=O) groups is 2. The normalized spacial score (nSPS) is 18.0. The van der Waals surface area contributed by atoms with Crippen molar-refractivity contribution in [3.8, 4) is 11.5 Å². The van der Waals surface area contributed by atoms with E-state index >= 15 is 0 Å². The molecule has 2 aromatic rings. The Kier molecular flexibility index (Phi) is 7.46. The van der Waals surface area contributed by atoms with E-state index in [0.717, 1.165) is 43.2 Å². The van der Waals surface area contributed by atoms with Gasteiger partial charge in [-0.3, -0.25) is 9.69 Å². The summed E-state index contributed by atoms with van der Waals surface area (Å²) in [5.74, 6) is 0.841. The minimum atomic E-state index is -0.343. The molecule has 4 rings (SSSR count). The van der Waals surface area contributed by atoms with Gasteiger partial charge in [-0.05, 0) is 61.2 Å². The van der Waals surface area contributed by atoms with Gasteiger partial charge in [-0.1, -0.05) is 54.6 Å². The minimum Gasteiger partial charge on any atom is -0.490 e. The van der Waals surface area contributed by atoms with E-state index in [-0.39, 0.29) is 23.7 Å². The van der Waals surface area contributed by atoms with Gasteiger partial charge < -0.3 is 14.8 Å². The van der Waals surface area contributed by atoms with Gasteiger partial charge in [-0.2, -0.15) is 0 Å². The molecule has 8 heteroatoms. The van der Waals surface area contributed by atoms with Crippen molar-refractivity contribution in [3.05, 3.63) is 63.3 Å². The molecule has 3 amide bonds. The molecule has 174 valence electrons. The smallest absolute Gasteiger partial charge is 0.329 e. The third-order valence-corrected chi connectivity index (χ3v) is 6.55. The molecule has 0 radical (unpaired) electrons. The fourth-order valence-electron chi connectivity index (χ4n) is 4.18. The predicted octanol–water partition coefficient (Wildman–Crippen LogP) is 6.20. The topological polar surface area (TPSA) is 67.9 Å². The van der Waals surface area contributed by atoms with Crippen molar-refractivity contribution in [1.82, 2.24) is 10.2 Å². The summed E-state index contributed by atoms with van der Waals surface area (Å²) in [6, 6.07) is 10.4. The zero-order valence-electron chi connectivity index (χ0n) is 18.4. The largest absolute Gasteiger partial charge is 0.490 e. The van der Waals surface area contributed by atoms with Crippen LogP contribution in [-0.4, -0.2) is 29.5 Å². The predicted molar refractivity (Wildman–Crippen MR) is 129 cm³/mol. The first-order chi connectivity index (χ1) is 16.0. The molecule has 1 aliphatic carbocycles. The quantitative estimate of drug-likeness (QED) is 0.372. The summed E-state index contributed by atoms with van der Waals surface area (Å²) in [6.45, 7) is 2.63. The molecule has 0 aromatic heterocycles. The van der Waals surface area contributed by atoms with Crippen molar-refractivity contribution in [2.75, 3.05) is 6.61 Å². The fourth-order valence-corrected chi connectivity index (χ4v) is 4.50. The van der Waals surface area contributed by atoms with Gasteiger partial charge in [0.2, 0.25) is 0 Å².